The maximum absolute atomic E-state index is 5.50. The molecule has 10 heavy (non-hydrogen) atoms. The third kappa shape index (κ3) is 6.82. The van der Waals surface area contributed by atoms with Gasteiger partial charge in [-0.1, -0.05) is 0 Å². The smallest absolute Gasteiger partial charge is 0.186 e. The van der Waals surface area contributed by atoms with E-state index in [-0.39, 0.29) is 8.41 Å². The van der Waals surface area contributed by atoms with Gasteiger partial charge in [-0.05, 0) is 13.8 Å². The molecule has 0 saturated heterocycles. The highest BCUT2D eigenvalue weighted by molar-refractivity contribution is 7.49. The van der Waals surface area contributed by atoms with Crippen molar-refractivity contribution >= 4 is 28.4 Å². The minimum Gasteiger partial charge on any atom is -0.334 e. The molecule has 0 unspecified atom stereocenters. The van der Waals surface area contributed by atoms with E-state index < -0.39 is 8.38 Å². The third-order valence-electron chi connectivity index (χ3n) is 0.644. The summed E-state index contributed by atoms with van der Waals surface area (Å²) in [6, 6.07) is 0. The summed E-state index contributed by atoms with van der Waals surface area (Å²) in [6.45, 7) is 5.22. The molecule has 0 saturated carbocycles. The van der Waals surface area contributed by atoms with Gasteiger partial charge in [-0.3, -0.25) is 0 Å². The van der Waals surface area contributed by atoms with Crippen molar-refractivity contribution in [3.05, 3.63) is 0 Å². The molecule has 0 amide bonds. The highest BCUT2D eigenvalue weighted by atomic mass is 35.5. The molecule has 2 nitrogen and oxygen atoms in total. The number of rotatable bonds is 5. The van der Waals surface area contributed by atoms with Crippen molar-refractivity contribution in [2.75, 3.05) is 18.8 Å². The van der Waals surface area contributed by atoms with Gasteiger partial charge in [0.1, 0.15) is 0 Å². The highest BCUT2D eigenvalue weighted by Crippen LogP contribution is 2.38. The van der Waals surface area contributed by atoms with Gasteiger partial charge in [-0.2, -0.15) is 0 Å². The zero-order valence-electron chi connectivity index (χ0n) is 6.34. The second-order valence-electron chi connectivity index (χ2n) is 1.29. The van der Waals surface area contributed by atoms with Crippen molar-refractivity contribution in [1.82, 2.24) is 0 Å². The van der Waals surface area contributed by atoms with E-state index in [2.05, 4.69) is 0 Å². The fourth-order valence-corrected chi connectivity index (χ4v) is 1.60. The van der Waals surface area contributed by atoms with Crippen molar-refractivity contribution in [3.63, 3.8) is 0 Å². The summed E-state index contributed by atoms with van der Waals surface area (Å²) in [5, 5.41) is 0. The molecule has 59 valence electrons. The first-order valence-electron chi connectivity index (χ1n) is 2.94. The van der Waals surface area contributed by atoms with Crippen LogP contribution >= 0.6 is 20.0 Å². The molecule has 0 spiro atoms. The van der Waals surface area contributed by atoms with Crippen LogP contribution in [0.2, 0.25) is 0 Å². The van der Waals surface area contributed by atoms with Gasteiger partial charge in [0.15, 0.2) is 8.38 Å². The number of halogens is 1. The molecule has 0 heterocycles. The van der Waals surface area contributed by atoms with Crippen LogP contribution in [0.4, 0.5) is 0 Å². The Morgan fingerprint density at radius 1 is 1.20 bits per heavy atom. The summed E-state index contributed by atoms with van der Waals surface area (Å²) in [6.07, 6.45) is 0. The Labute approximate surface area is 70.7 Å². The molecule has 0 bridgehead atoms. The number of hydrogen-bond acceptors (Lipinski definition) is 2. The van der Waals surface area contributed by atoms with Crippen molar-refractivity contribution in [2.45, 2.75) is 13.8 Å². The molecule has 5 heteroatoms. The predicted octanol–water partition coefficient (Wildman–Crippen LogP) is 2.19. The van der Waals surface area contributed by atoms with Crippen LogP contribution in [0.3, 0.4) is 0 Å². The van der Waals surface area contributed by atoms with Gasteiger partial charge in [-0.25, -0.2) is 0 Å². The first-order valence-corrected chi connectivity index (χ1v) is 4.84. The van der Waals surface area contributed by atoms with E-state index in [4.69, 9.17) is 20.6 Å². The molecular formula is C5H12BClO2P. The largest absolute Gasteiger partial charge is 0.334 e. The lowest BCUT2D eigenvalue weighted by atomic mass is 10.8. The molecule has 0 atom stereocenters. The number of alkyl halides is 1. The van der Waals surface area contributed by atoms with Crippen LogP contribution in [0.25, 0.3) is 0 Å². The Balaban J connectivity index is 0. The minimum absolute atomic E-state index is 0. The molecule has 0 aliphatic carbocycles. The van der Waals surface area contributed by atoms with Crippen molar-refractivity contribution in [3.8, 4) is 0 Å². The van der Waals surface area contributed by atoms with Crippen molar-refractivity contribution in [1.29, 1.82) is 0 Å². The van der Waals surface area contributed by atoms with Gasteiger partial charge in [-0.15, -0.1) is 11.6 Å². The molecule has 0 aromatic carbocycles. The van der Waals surface area contributed by atoms with Gasteiger partial charge >= 0.3 is 0 Å². The summed E-state index contributed by atoms with van der Waals surface area (Å²) in [7, 11) is -0.793. The molecular weight excluding hydrogens is 169 g/mol. The molecule has 0 aliphatic heterocycles. The lowest BCUT2D eigenvalue weighted by Crippen LogP contribution is -1.90. The maximum atomic E-state index is 5.50. The van der Waals surface area contributed by atoms with E-state index in [1.807, 2.05) is 13.8 Å². The molecule has 0 N–H and O–H groups in total. The second kappa shape index (κ2) is 9.70. The Hall–Kier alpha value is 0.705. The van der Waals surface area contributed by atoms with E-state index in [0.717, 1.165) is 0 Å². The fourth-order valence-electron chi connectivity index (χ4n) is 0.394. The zero-order valence-corrected chi connectivity index (χ0v) is 7.99. The molecule has 0 rings (SSSR count). The average Bonchev–Trinajstić information content (AvgIpc) is 1.88. The minimum atomic E-state index is -0.793. The van der Waals surface area contributed by atoms with Crippen molar-refractivity contribution in [2.24, 2.45) is 0 Å². The van der Waals surface area contributed by atoms with E-state index in [0.29, 0.717) is 18.8 Å². The van der Waals surface area contributed by atoms with Gasteiger partial charge in [0.05, 0.1) is 18.8 Å². The van der Waals surface area contributed by atoms with Crippen LogP contribution in [0.15, 0.2) is 0 Å². The second-order valence-corrected chi connectivity index (χ2v) is 3.43. The van der Waals surface area contributed by atoms with Crippen LogP contribution < -0.4 is 0 Å². The molecule has 0 fully saturated rings. The highest BCUT2D eigenvalue weighted by Gasteiger charge is 2.04. The lowest BCUT2D eigenvalue weighted by Gasteiger charge is -2.11. The normalized spacial score (nSPS) is 9.60. The maximum Gasteiger partial charge on any atom is 0.186 e. The molecule has 0 aromatic heterocycles. The van der Waals surface area contributed by atoms with Crippen LogP contribution in [0.5, 0.6) is 0 Å². The summed E-state index contributed by atoms with van der Waals surface area (Å²) in [4.78, 5) is 0. The third-order valence-corrected chi connectivity index (χ3v) is 2.52. The topological polar surface area (TPSA) is 18.5 Å². The summed E-state index contributed by atoms with van der Waals surface area (Å²) in [5.74, 6) is 0. The van der Waals surface area contributed by atoms with Gasteiger partial charge in [0.2, 0.25) is 0 Å². The summed E-state index contributed by atoms with van der Waals surface area (Å²) < 4.78 is 10.3. The molecule has 0 aromatic rings. The quantitative estimate of drug-likeness (QED) is 0.368. The van der Waals surface area contributed by atoms with Crippen LogP contribution in [0, 0.1) is 0 Å². The van der Waals surface area contributed by atoms with E-state index in [1.54, 1.807) is 0 Å². The van der Waals surface area contributed by atoms with Crippen LogP contribution in [-0.2, 0) is 9.05 Å². The van der Waals surface area contributed by atoms with Gasteiger partial charge in [0, 0.05) is 8.41 Å². The summed E-state index contributed by atoms with van der Waals surface area (Å²) in [5.41, 5.74) is 0.469. The van der Waals surface area contributed by atoms with Gasteiger partial charge < -0.3 is 9.05 Å². The monoisotopic (exact) mass is 181 g/mol. The first-order chi connectivity index (χ1) is 4.35. The van der Waals surface area contributed by atoms with E-state index >= 15 is 0 Å². The molecule has 0 aliphatic rings. The first kappa shape index (κ1) is 13.3. The van der Waals surface area contributed by atoms with E-state index in [1.165, 1.54) is 0 Å². The Bertz CT molecular complexity index is 61.6. The zero-order chi connectivity index (χ0) is 7.11. The average molecular weight is 181 g/mol. The Morgan fingerprint density at radius 3 is 1.80 bits per heavy atom. The Kier molecular flexibility index (Phi) is 12.9. The SMILES string of the molecule is CCOP(CCl)OCC.[B]. The van der Waals surface area contributed by atoms with Gasteiger partial charge in [0.25, 0.3) is 0 Å². The Morgan fingerprint density at radius 2 is 1.60 bits per heavy atom. The summed E-state index contributed by atoms with van der Waals surface area (Å²) >= 11 is 5.50. The lowest BCUT2D eigenvalue weighted by molar-refractivity contribution is 0.272. The van der Waals surface area contributed by atoms with Crippen LogP contribution in [0.1, 0.15) is 13.8 Å². The predicted molar refractivity (Wildman–Crippen MR) is 46.6 cm³/mol. The number of hydrogen-bond donors (Lipinski definition) is 0. The molecule has 3 radical (unpaired) electrons. The standard InChI is InChI=1S/C5H12ClO2P.B/c1-3-7-9(5-6)8-4-2;/h3-5H2,1-2H3;. The van der Waals surface area contributed by atoms with Crippen LogP contribution in [-0.4, -0.2) is 27.2 Å². The fraction of sp³-hybridized carbons (Fsp3) is 1.00. The van der Waals surface area contributed by atoms with Crippen molar-refractivity contribution < 1.29 is 9.05 Å². The van der Waals surface area contributed by atoms with E-state index in [9.17, 15) is 0 Å².